The molecule has 2 aliphatic rings. The minimum atomic E-state index is -0.131. The van der Waals surface area contributed by atoms with Crippen molar-refractivity contribution in [2.24, 2.45) is 11.1 Å². The van der Waals surface area contributed by atoms with Gasteiger partial charge in [0.1, 0.15) is 5.75 Å². The van der Waals surface area contributed by atoms with Gasteiger partial charge in [-0.3, -0.25) is 0 Å². The van der Waals surface area contributed by atoms with Crippen LogP contribution in [0.4, 0.5) is 0 Å². The molecule has 0 aliphatic heterocycles. The minimum absolute atomic E-state index is 0.131. The van der Waals surface area contributed by atoms with E-state index in [0.717, 1.165) is 18.6 Å². The van der Waals surface area contributed by atoms with Gasteiger partial charge in [-0.1, -0.05) is 17.7 Å². The van der Waals surface area contributed by atoms with Crippen LogP contribution in [-0.4, -0.2) is 7.11 Å². The molecule has 2 aliphatic carbocycles. The van der Waals surface area contributed by atoms with Crippen LogP contribution in [0.25, 0.3) is 0 Å². The Labute approximate surface area is 96.8 Å². The number of hydrogen-bond acceptors (Lipinski definition) is 2. The zero-order valence-electron chi connectivity index (χ0n) is 10.0. The molecule has 2 saturated carbocycles. The number of methoxy groups -OCH3 is 1. The third kappa shape index (κ3) is 1.36. The zero-order valence-corrected chi connectivity index (χ0v) is 10.0. The molecule has 3 rings (SSSR count). The lowest BCUT2D eigenvalue weighted by Crippen LogP contribution is -2.50. The van der Waals surface area contributed by atoms with Gasteiger partial charge in [-0.25, -0.2) is 0 Å². The van der Waals surface area contributed by atoms with Gasteiger partial charge in [0.15, 0.2) is 0 Å². The molecule has 0 atom stereocenters. The maximum absolute atomic E-state index is 6.51. The van der Waals surface area contributed by atoms with Gasteiger partial charge in [0.05, 0.1) is 7.11 Å². The molecule has 86 valence electrons. The van der Waals surface area contributed by atoms with Crippen LogP contribution in [0.1, 0.15) is 36.8 Å². The summed E-state index contributed by atoms with van der Waals surface area (Å²) in [5.41, 5.74) is 9.45. The molecule has 0 unspecified atom stereocenters. The first kappa shape index (κ1) is 10.2. The van der Waals surface area contributed by atoms with Gasteiger partial charge in [0.2, 0.25) is 0 Å². The first-order valence-corrected chi connectivity index (χ1v) is 6.01. The van der Waals surface area contributed by atoms with Crippen molar-refractivity contribution in [3.05, 3.63) is 29.3 Å². The number of nitrogens with two attached hydrogens (primary N) is 1. The van der Waals surface area contributed by atoms with Crippen molar-refractivity contribution in [2.45, 2.75) is 38.1 Å². The molecule has 2 heteroatoms. The fourth-order valence-corrected chi connectivity index (χ4v) is 3.22. The fourth-order valence-electron chi connectivity index (χ4n) is 3.22. The minimum Gasteiger partial charge on any atom is -0.496 e. The van der Waals surface area contributed by atoms with E-state index in [1.54, 1.807) is 7.11 Å². The van der Waals surface area contributed by atoms with Crippen molar-refractivity contribution in [2.75, 3.05) is 7.11 Å². The Morgan fingerprint density at radius 3 is 2.50 bits per heavy atom. The molecule has 1 aromatic carbocycles. The molecule has 0 bridgehead atoms. The fraction of sp³-hybridized carbons (Fsp3) is 0.571. The zero-order chi connectivity index (χ0) is 11.4. The Morgan fingerprint density at radius 2 is 1.94 bits per heavy atom. The van der Waals surface area contributed by atoms with E-state index in [1.165, 1.54) is 24.0 Å². The average Bonchev–Trinajstić information content (AvgIpc) is 2.97. The smallest absolute Gasteiger partial charge is 0.123 e. The Kier molecular flexibility index (Phi) is 1.91. The van der Waals surface area contributed by atoms with Gasteiger partial charge in [0.25, 0.3) is 0 Å². The maximum atomic E-state index is 6.51. The van der Waals surface area contributed by atoms with Crippen molar-refractivity contribution >= 4 is 0 Å². The predicted octanol–water partition coefficient (Wildman–Crippen LogP) is 2.73. The highest BCUT2D eigenvalue weighted by Crippen LogP contribution is 2.67. The van der Waals surface area contributed by atoms with Crippen LogP contribution < -0.4 is 10.5 Å². The van der Waals surface area contributed by atoms with Crippen molar-refractivity contribution in [1.82, 2.24) is 0 Å². The van der Waals surface area contributed by atoms with Crippen LogP contribution in [0.2, 0.25) is 0 Å². The van der Waals surface area contributed by atoms with Crippen LogP contribution in [0.15, 0.2) is 18.2 Å². The van der Waals surface area contributed by atoms with Gasteiger partial charge in [-0.05, 0) is 44.1 Å². The molecule has 0 amide bonds. The Balaban J connectivity index is 1.96. The molecule has 0 radical (unpaired) electrons. The number of benzene rings is 1. The summed E-state index contributed by atoms with van der Waals surface area (Å²) >= 11 is 0. The third-order valence-corrected chi connectivity index (χ3v) is 4.23. The Morgan fingerprint density at radius 1 is 1.25 bits per heavy atom. The van der Waals surface area contributed by atoms with Crippen LogP contribution in [0, 0.1) is 12.3 Å². The summed E-state index contributed by atoms with van der Waals surface area (Å²) in [6.07, 6.45) is 5.03. The lowest BCUT2D eigenvalue weighted by atomic mass is 9.62. The second kappa shape index (κ2) is 3.01. The molecule has 1 aromatic rings. The lowest BCUT2D eigenvalue weighted by Gasteiger charge is -2.46. The normalized spacial score (nSPS) is 23.9. The molecular formula is C14H19NO. The standard InChI is InChI=1S/C14H19NO/c1-10-3-4-12(16-2)11(7-10)14(15)8-13(9-14)5-6-13/h3-4,7H,5-6,8-9,15H2,1-2H3. The molecule has 0 heterocycles. The summed E-state index contributed by atoms with van der Waals surface area (Å²) < 4.78 is 5.43. The van der Waals surface area contributed by atoms with E-state index in [4.69, 9.17) is 10.5 Å². The van der Waals surface area contributed by atoms with Crippen molar-refractivity contribution in [3.63, 3.8) is 0 Å². The van der Waals surface area contributed by atoms with Crippen LogP contribution >= 0.6 is 0 Å². The van der Waals surface area contributed by atoms with E-state index in [1.807, 2.05) is 6.07 Å². The van der Waals surface area contributed by atoms with Gasteiger partial charge < -0.3 is 10.5 Å². The molecule has 2 N–H and O–H groups in total. The van der Waals surface area contributed by atoms with E-state index in [0.29, 0.717) is 5.41 Å². The quantitative estimate of drug-likeness (QED) is 0.826. The molecule has 2 nitrogen and oxygen atoms in total. The summed E-state index contributed by atoms with van der Waals surface area (Å²) in [4.78, 5) is 0. The molecule has 16 heavy (non-hydrogen) atoms. The molecule has 0 aromatic heterocycles. The number of aryl methyl sites for hydroxylation is 1. The first-order valence-electron chi connectivity index (χ1n) is 6.01. The number of hydrogen-bond donors (Lipinski definition) is 1. The topological polar surface area (TPSA) is 35.2 Å². The SMILES string of the molecule is COc1ccc(C)cc1C1(N)CC2(CC2)C1. The van der Waals surface area contributed by atoms with Crippen LogP contribution in [0.5, 0.6) is 5.75 Å². The largest absolute Gasteiger partial charge is 0.496 e. The summed E-state index contributed by atoms with van der Waals surface area (Å²) in [6.45, 7) is 2.11. The summed E-state index contributed by atoms with van der Waals surface area (Å²) in [6, 6.07) is 6.31. The highest BCUT2D eigenvalue weighted by atomic mass is 16.5. The van der Waals surface area contributed by atoms with Crippen LogP contribution in [-0.2, 0) is 5.54 Å². The number of ether oxygens (including phenoxy) is 1. The van der Waals surface area contributed by atoms with E-state index >= 15 is 0 Å². The third-order valence-electron chi connectivity index (χ3n) is 4.23. The summed E-state index contributed by atoms with van der Waals surface area (Å²) in [5, 5.41) is 0. The molecule has 1 spiro atoms. The van der Waals surface area contributed by atoms with E-state index in [-0.39, 0.29) is 5.54 Å². The van der Waals surface area contributed by atoms with Gasteiger partial charge in [-0.2, -0.15) is 0 Å². The highest BCUT2D eigenvalue weighted by Gasteiger charge is 2.60. The maximum Gasteiger partial charge on any atom is 0.123 e. The van der Waals surface area contributed by atoms with Gasteiger partial charge >= 0.3 is 0 Å². The van der Waals surface area contributed by atoms with E-state index in [9.17, 15) is 0 Å². The molecule has 0 saturated heterocycles. The predicted molar refractivity (Wildman–Crippen MR) is 64.5 cm³/mol. The van der Waals surface area contributed by atoms with E-state index in [2.05, 4.69) is 19.1 Å². The van der Waals surface area contributed by atoms with Crippen LogP contribution in [0.3, 0.4) is 0 Å². The second-order valence-corrected chi connectivity index (χ2v) is 5.71. The van der Waals surface area contributed by atoms with Crippen molar-refractivity contribution in [1.29, 1.82) is 0 Å². The van der Waals surface area contributed by atoms with Crippen molar-refractivity contribution < 1.29 is 4.74 Å². The van der Waals surface area contributed by atoms with Crippen molar-refractivity contribution in [3.8, 4) is 5.75 Å². The Bertz CT molecular complexity index is 426. The van der Waals surface area contributed by atoms with Gasteiger partial charge in [0, 0.05) is 11.1 Å². The monoisotopic (exact) mass is 217 g/mol. The van der Waals surface area contributed by atoms with Gasteiger partial charge in [-0.15, -0.1) is 0 Å². The second-order valence-electron chi connectivity index (χ2n) is 5.71. The Hall–Kier alpha value is -1.02. The molecular weight excluding hydrogens is 198 g/mol. The summed E-state index contributed by atoms with van der Waals surface area (Å²) in [7, 11) is 1.73. The summed E-state index contributed by atoms with van der Waals surface area (Å²) in [5.74, 6) is 0.948. The number of rotatable bonds is 2. The average molecular weight is 217 g/mol. The molecule has 2 fully saturated rings. The highest BCUT2D eigenvalue weighted by molar-refractivity contribution is 5.44. The lowest BCUT2D eigenvalue weighted by molar-refractivity contribution is 0.121. The first-order chi connectivity index (χ1) is 7.57. The van der Waals surface area contributed by atoms with E-state index < -0.39 is 0 Å².